The first-order chi connectivity index (χ1) is 9.11. The lowest BCUT2D eigenvalue weighted by Gasteiger charge is -2.31. The van der Waals surface area contributed by atoms with E-state index in [-0.39, 0.29) is 24.2 Å². The normalized spacial score (nSPS) is 28.0. The first-order valence-electron chi connectivity index (χ1n) is 6.85. The van der Waals surface area contributed by atoms with Crippen LogP contribution in [-0.2, 0) is 14.3 Å². The Hall–Kier alpha value is -1.14. The van der Waals surface area contributed by atoms with Gasteiger partial charge in [0.25, 0.3) is 0 Å². The minimum absolute atomic E-state index is 0.00650. The van der Waals surface area contributed by atoms with Crippen LogP contribution in [0.3, 0.4) is 0 Å². The number of β-amino-alcohol motifs (C(OH)–C–C–N with tert-alkyl or cyclic N) is 1. The summed E-state index contributed by atoms with van der Waals surface area (Å²) in [6.07, 6.45) is 1.46. The van der Waals surface area contributed by atoms with Crippen molar-refractivity contribution in [2.75, 3.05) is 39.9 Å². The summed E-state index contributed by atoms with van der Waals surface area (Å²) >= 11 is 0. The van der Waals surface area contributed by atoms with Crippen molar-refractivity contribution in [2.24, 2.45) is 5.92 Å². The monoisotopic (exact) mass is 270 g/mol. The van der Waals surface area contributed by atoms with Crippen molar-refractivity contribution in [1.29, 1.82) is 0 Å². The Morgan fingerprint density at radius 1 is 1.47 bits per heavy atom. The van der Waals surface area contributed by atoms with Gasteiger partial charge in [0.2, 0.25) is 11.8 Å². The second-order valence-electron chi connectivity index (χ2n) is 5.31. The summed E-state index contributed by atoms with van der Waals surface area (Å²) < 4.78 is 4.96. The number of hydrogen-bond donors (Lipinski definition) is 1. The average Bonchev–Trinajstić information content (AvgIpc) is 2.77. The SMILES string of the molecule is COCCN1CC(C(=O)N2CCCC(O)C2)CC1=O. The van der Waals surface area contributed by atoms with Crippen LogP contribution in [0.2, 0.25) is 0 Å². The second kappa shape index (κ2) is 6.34. The van der Waals surface area contributed by atoms with Crippen LogP contribution in [0.4, 0.5) is 0 Å². The van der Waals surface area contributed by atoms with Crippen molar-refractivity contribution in [3.05, 3.63) is 0 Å². The smallest absolute Gasteiger partial charge is 0.228 e. The highest BCUT2D eigenvalue weighted by atomic mass is 16.5. The van der Waals surface area contributed by atoms with Gasteiger partial charge in [0.15, 0.2) is 0 Å². The van der Waals surface area contributed by atoms with Gasteiger partial charge in [-0.2, -0.15) is 0 Å². The quantitative estimate of drug-likeness (QED) is 0.745. The van der Waals surface area contributed by atoms with E-state index in [2.05, 4.69) is 0 Å². The van der Waals surface area contributed by atoms with Crippen molar-refractivity contribution in [2.45, 2.75) is 25.4 Å². The zero-order valence-corrected chi connectivity index (χ0v) is 11.4. The fraction of sp³-hybridized carbons (Fsp3) is 0.846. The predicted molar refractivity (Wildman–Crippen MR) is 68.4 cm³/mol. The molecule has 0 aromatic rings. The summed E-state index contributed by atoms with van der Waals surface area (Å²) in [6, 6.07) is 0. The summed E-state index contributed by atoms with van der Waals surface area (Å²) in [4.78, 5) is 27.5. The highest BCUT2D eigenvalue weighted by Crippen LogP contribution is 2.22. The molecular formula is C13H22N2O4. The van der Waals surface area contributed by atoms with Crippen molar-refractivity contribution in [3.63, 3.8) is 0 Å². The Bertz CT molecular complexity index is 348. The summed E-state index contributed by atoms with van der Waals surface area (Å²) in [5.74, 6) is -0.227. The van der Waals surface area contributed by atoms with E-state index in [1.54, 1.807) is 16.9 Å². The molecule has 0 radical (unpaired) electrons. The minimum Gasteiger partial charge on any atom is -0.391 e. The maximum Gasteiger partial charge on any atom is 0.228 e. The number of carbonyl (C=O) groups is 2. The summed E-state index contributed by atoms with van der Waals surface area (Å²) in [6.45, 7) is 2.62. The van der Waals surface area contributed by atoms with Gasteiger partial charge < -0.3 is 19.6 Å². The van der Waals surface area contributed by atoms with Crippen molar-refractivity contribution >= 4 is 11.8 Å². The largest absolute Gasteiger partial charge is 0.391 e. The van der Waals surface area contributed by atoms with Crippen LogP contribution in [0.15, 0.2) is 0 Å². The Labute approximate surface area is 113 Å². The maximum atomic E-state index is 12.3. The van der Waals surface area contributed by atoms with E-state index in [4.69, 9.17) is 4.74 Å². The molecule has 0 aliphatic carbocycles. The average molecular weight is 270 g/mol. The lowest BCUT2D eigenvalue weighted by atomic mass is 10.0. The number of rotatable bonds is 4. The number of methoxy groups -OCH3 is 1. The molecule has 2 atom stereocenters. The van der Waals surface area contributed by atoms with Gasteiger partial charge in [-0.3, -0.25) is 9.59 Å². The van der Waals surface area contributed by atoms with Crippen LogP contribution in [0.1, 0.15) is 19.3 Å². The van der Waals surface area contributed by atoms with Gasteiger partial charge in [0.05, 0.1) is 18.6 Å². The van der Waals surface area contributed by atoms with Gasteiger partial charge in [0.1, 0.15) is 0 Å². The van der Waals surface area contributed by atoms with Crippen LogP contribution in [0.25, 0.3) is 0 Å². The van der Waals surface area contributed by atoms with E-state index in [0.717, 1.165) is 12.8 Å². The van der Waals surface area contributed by atoms with E-state index in [1.807, 2.05) is 0 Å². The van der Waals surface area contributed by atoms with Crippen molar-refractivity contribution in [3.8, 4) is 0 Å². The molecule has 2 rings (SSSR count). The fourth-order valence-electron chi connectivity index (χ4n) is 2.77. The Morgan fingerprint density at radius 2 is 2.26 bits per heavy atom. The van der Waals surface area contributed by atoms with E-state index in [9.17, 15) is 14.7 Å². The standard InChI is InChI=1S/C13H22N2O4/c1-19-6-5-14-8-10(7-12(14)17)13(18)15-4-2-3-11(16)9-15/h10-11,16H,2-9H2,1H3. The molecule has 0 bridgehead atoms. The first-order valence-corrected chi connectivity index (χ1v) is 6.85. The van der Waals surface area contributed by atoms with Gasteiger partial charge in [-0.05, 0) is 12.8 Å². The molecule has 1 N–H and O–H groups in total. The molecule has 2 aliphatic heterocycles. The summed E-state index contributed by atoms with van der Waals surface area (Å²) in [7, 11) is 1.60. The first kappa shape index (κ1) is 14.3. The third-order valence-electron chi connectivity index (χ3n) is 3.84. The van der Waals surface area contributed by atoms with Crippen LogP contribution in [-0.4, -0.2) is 72.7 Å². The molecule has 2 amide bonds. The van der Waals surface area contributed by atoms with Gasteiger partial charge >= 0.3 is 0 Å². The third-order valence-corrected chi connectivity index (χ3v) is 3.84. The van der Waals surface area contributed by atoms with Crippen molar-refractivity contribution < 1.29 is 19.4 Å². The molecule has 6 nitrogen and oxygen atoms in total. The minimum atomic E-state index is -0.417. The molecule has 2 saturated heterocycles. The number of aliphatic hydroxyl groups is 1. The van der Waals surface area contributed by atoms with Gasteiger partial charge in [-0.25, -0.2) is 0 Å². The molecule has 2 fully saturated rings. The summed E-state index contributed by atoms with van der Waals surface area (Å²) in [5.41, 5.74) is 0. The highest BCUT2D eigenvalue weighted by molar-refractivity contribution is 5.89. The molecule has 0 spiro atoms. The van der Waals surface area contributed by atoms with Crippen LogP contribution < -0.4 is 0 Å². The van der Waals surface area contributed by atoms with Crippen LogP contribution >= 0.6 is 0 Å². The number of likely N-dealkylation sites (tertiary alicyclic amines) is 2. The molecule has 2 aliphatic rings. The van der Waals surface area contributed by atoms with Gasteiger partial charge in [-0.1, -0.05) is 0 Å². The highest BCUT2D eigenvalue weighted by Gasteiger charge is 2.37. The van der Waals surface area contributed by atoms with Gasteiger partial charge in [-0.15, -0.1) is 0 Å². The van der Waals surface area contributed by atoms with Crippen LogP contribution in [0, 0.1) is 5.92 Å². The lowest BCUT2D eigenvalue weighted by molar-refractivity contribution is -0.138. The molecule has 0 aromatic heterocycles. The molecular weight excluding hydrogens is 248 g/mol. The molecule has 2 heterocycles. The molecule has 2 unspecified atom stereocenters. The number of hydrogen-bond acceptors (Lipinski definition) is 4. The van der Waals surface area contributed by atoms with E-state index < -0.39 is 6.10 Å². The van der Waals surface area contributed by atoms with E-state index in [1.165, 1.54) is 0 Å². The Morgan fingerprint density at radius 3 is 2.95 bits per heavy atom. The lowest BCUT2D eigenvalue weighted by Crippen LogP contribution is -2.45. The van der Waals surface area contributed by atoms with E-state index in [0.29, 0.717) is 32.8 Å². The zero-order chi connectivity index (χ0) is 13.8. The molecule has 108 valence electrons. The molecule has 19 heavy (non-hydrogen) atoms. The van der Waals surface area contributed by atoms with Crippen molar-refractivity contribution in [1.82, 2.24) is 9.80 Å². The Kier molecular flexibility index (Phi) is 4.76. The number of aliphatic hydroxyl groups excluding tert-OH is 1. The van der Waals surface area contributed by atoms with E-state index >= 15 is 0 Å². The summed E-state index contributed by atoms with van der Waals surface area (Å²) in [5, 5.41) is 9.60. The number of carbonyl (C=O) groups excluding carboxylic acids is 2. The number of amides is 2. The topological polar surface area (TPSA) is 70.1 Å². The predicted octanol–water partition coefficient (Wildman–Crippen LogP) is -0.535. The van der Waals surface area contributed by atoms with Gasteiger partial charge in [0, 0.05) is 39.7 Å². The second-order valence-corrected chi connectivity index (χ2v) is 5.31. The fourth-order valence-corrected chi connectivity index (χ4v) is 2.77. The molecule has 0 aromatic carbocycles. The maximum absolute atomic E-state index is 12.3. The molecule has 0 saturated carbocycles. The number of ether oxygens (including phenoxy) is 1. The number of nitrogens with zero attached hydrogens (tertiary/aromatic N) is 2. The zero-order valence-electron chi connectivity index (χ0n) is 11.4. The van der Waals surface area contributed by atoms with Crippen LogP contribution in [0.5, 0.6) is 0 Å². The third kappa shape index (κ3) is 3.45. The number of piperidine rings is 1. The molecule has 6 heteroatoms. The Balaban J connectivity index is 1.88.